The van der Waals surface area contributed by atoms with Gasteiger partial charge in [0.2, 0.25) is 17.6 Å². The minimum atomic E-state index is -0.214. The normalized spacial score (nSPS) is 16.7. The molecular formula is C19H22N6O3S. The van der Waals surface area contributed by atoms with Gasteiger partial charge in [-0.1, -0.05) is 11.2 Å². The molecular weight excluding hydrogens is 392 g/mol. The van der Waals surface area contributed by atoms with Gasteiger partial charge >= 0.3 is 0 Å². The van der Waals surface area contributed by atoms with Crippen molar-refractivity contribution < 1.29 is 14.1 Å². The summed E-state index contributed by atoms with van der Waals surface area (Å²) < 4.78 is 7.06. The number of likely N-dealkylation sites (tertiary alicyclic amines) is 1. The number of hydrogen-bond acceptors (Lipinski definition) is 7. The van der Waals surface area contributed by atoms with Gasteiger partial charge in [-0.05, 0) is 30.4 Å². The Morgan fingerprint density at radius 3 is 3.07 bits per heavy atom. The second-order valence-electron chi connectivity index (χ2n) is 6.88. The predicted octanol–water partition coefficient (Wildman–Crippen LogP) is 2.15. The molecule has 1 atom stereocenters. The van der Waals surface area contributed by atoms with Crippen LogP contribution in [0.25, 0.3) is 10.7 Å². The zero-order valence-electron chi connectivity index (χ0n) is 16.1. The van der Waals surface area contributed by atoms with Crippen molar-refractivity contribution in [3.8, 4) is 10.7 Å². The van der Waals surface area contributed by atoms with E-state index in [2.05, 4.69) is 20.6 Å². The molecule has 1 unspecified atom stereocenters. The fourth-order valence-corrected chi connectivity index (χ4v) is 4.07. The summed E-state index contributed by atoms with van der Waals surface area (Å²) >= 11 is 1.55. The Kier molecular flexibility index (Phi) is 5.70. The Labute approximate surface area is 171 Å². The number of hydrogen-bond donors (Lipinski definition) is 1. The van der Waals surface area contributed by atoms with E-state index in [1.165, 1.54) is 0 Å². The van der Waals surface area contributed by atoms with E-state index in [9.17, 15) is 9.59 Å². The molecule has 0 saturated carbocycles. The maximum absolute atomic E-state index is 12.7. The van der Waals surface area contributed by atoms with Gasteiger partial charge in [-0.15, -0.1) is 11.3 Å². The van der Waals surface area contributed by atoms with Crippen molar-refractivity contribution in [3.63, 3.8) is 0 Å². The molecule has 1 aliphatic heterocycles. The summed E-state index contributed by atoms with van der Waals surface area (Å²) in [6.45, 7) is 1.31. The van der Waals surface area contributed by atoms with Gasteiger partial charge in [0, 0.05) is 39.2 Å². The van der Waals surface area contributed by atoms with Crippen molar-refractivity contribution in [1.82, 2.24) is 30.1 Å². The first kappa shape index (κ1) is 19.3. The summed E-state index contributed by atoms with van der Waals surface area (Å²) in [5, 5.41) is 12.9. The van der Waals surface area contributed by atoms with Crippen LogP contribution in [0.5, 0.6) is 0 Å². The Morgan fingerprint density at radius 2 is 2.28 bits per heavy atom. The van der Waals surface area contributed by atoms with Gasteiger partial charge < -0.3 is 14.7 Å². The van der Waals surface area contributed by atoms with Crippen LogP contribution in [0.2, 0.25) is 0 Å². The van der Waals surface area contributed by atoms with Crippen LogP contribution in [0, 0.1) is 0 Å². The largest absolute Gasteiger partial charge is 0.354 e. The summed E-state index contributed by atoms with van der Waals surface area (Å²) in [7, 11) is 1.58. The Hall–Kier alpha value is -3.01. The number of carbonyl (C=O) groups excluding carboxylic acids is 2. The molecule has 1 N–H and O–H groups in total. The van der Waals surface area contributed by atoms with Crippen molar-refractivity contribution in [2.75, 3.05) is 20.1 Å². The quantitative estimate of drug-likeness (QED) is 0.662. The van der Waals surface area contributed by atoms with E-state index in [1.807, 2.05) is 22.4 Å². The maximum atomic E-state index is 12.7. The average molecular weight is 414 g/mol. The monoisotopic (exact) mass is 414 g/mol. The number of amides is 2. The van der Waals surface area contributed by atoms with Crippen LogP contribution in [0.15, 0.2) is 34.3 Å². The molecule has 1 aliphatic rings. The molecule has 1 fully saturated rings. The lowest BCUT2D eigenvalue weighted by Gasteiger charge is -2.32. The molecule has 29 heavy (non-hydrogen) atoms. The highest BCUT2D eigenvalue weighted by atomic mass is 32.1. The molecule has 0 radical (unpaired) electrons. The molecule has 3 aromatic heterocycles. The highest BCUT2D eigenvalue weighted by Crippen LogP contribution is 2.23. The van der Waals surface area contributed by atoms with Gasteiger partial charge in [0.15, 0.2) is 0 Å². The van der Waals surface area contributed by atoms with Crippen LogP contribution in [-0.4, -0.2) is 56.8 Å². The van der Waals surface area contributed by atoms with E-state index in [1.54, 1.807) is 35.3 Å². The molecule has 2 amide bonds. The van der Waals surface area contributed by atoms with E-state index in [0.29, 0.717) is 36.8 Å². The van der Waals surface area contributed by atoms with E-state index >= 15 is 0 Å². The van der Waals surface area contributed by atoms with Crippen molar-refractivity contribution >= 4 is 23.2 Å². The van der Waals surface area contributed by atoms with Crippen molar-refractivity contribution in [1.29, 1.82) is 0 Å². The van der Waals surface area contributed by atoms with E-state index in [4.69, 9.17) is 4.52 Å². The van der Waals surface area contributed by atoms with Crippen LogP contribution in [0.3, 0.4) is 0 Å². The second kappa shape index (κ2) is 8.56. The van der Waals surface area contributed by atoms with Gasteiger partial charge in [-0.3, -0.25) is 14.3 Å². The molecule has 0 bridgehead atoms. The zero-order valence-corrected chi connectivity index (χ0v) is 16.9. The first-order valence-corrected chi connectivity index (χ1v) is 10.4. The molecule has 0 spiro atoms. The third-order valence-electron chi connectivity index (χ3n) is 4.95. The number of aryl methyl sites for hydroxylation is 1. The minimum absolute atomic E-state index is 0.0595. The summed E-state index contributed by atoms with van der Waals surface area (Å²) in [6, 6.07) is 5.63. The molecule has 10 heteroatoms. The number of thiophene rings is 1. The average Bonchev–Trinajstić information content (AvgIpc) is 3.52. The summed E-state index contributed by atoms with van der Waals surface area (Å²) in [5.74, 6) is 0.877. The SMILES string of the molecule is CNC(=O)c1ccn(C2CCCN(C(=O)CCc3nc(-c4cccs4)no3)C2)n1. The number of carbonyl (C=O) groups is 2. The van der Waals surface area contributed by atoms with Gasteiger partial charge in [0.25, 0.3) is 5.91 Å². The molecule has 1 saturated heterocycles. The molecule has 0 aromatic carbocycles. The fraction of sp³-hybridized carbons (Fsp3) is 0.421. The Morgan fingerprint density at radius 1 is 1.38 bits per heavy atom. The lowest BCUT2D eigenvalue weighted by atomic mass is 10.1. The number of piperidine rings is 1. The van der Waals surface area contributed by atoms with Crippen molar-refractivity contribution in [2.24, 2.45) is 0 Å². The first-order chi connectivity index (χ1) is 14.1. The predicted molar refractivity (Wildman–Crippen MR) is 106 cm³/mol. The van der Waals surface area contributed by atoms with Gasteiger partial charge in [-0.2, -0.15) is 10.1 Å². The number of rotatable bonds is 6. The van der Waals surface area contributed by atoms with E-state index in [0.717, 1.165) is 24.3 Å². The topological polar surface area (TPSA) is 106 Å². The lowest BCUT2D eigenvalue weighted by molar-refractivity contribution is -0.133. The van der Waals surface area contributed by atoms with Crippen LogP contribution >= 0.6 is 11.3 Å². The summed E-state index contributed by atoms with van der Waals surface area (Å²) in [6.07, 6.45) is 4.36. The lowest BCUT2D eigenvalue weighted by Crippen LogP contribution is -2.41. The fourth-order valence-electron chi connectivity index (χ4n) is 3.42. The minimum Gasteiger partial charge on any atom is -0.354 e. The van der Waals surface area contributed by atoms with Gasteiger partial charge in [-0.25, -0.2) is 0 Å². The number of aromatic nitrogens is 4. The van der Waals surface area contributed by atoms with Crippen LogP contribution in [0.4, 0.5) is 0 Å². The third-order valence-corrected chi connectivity index (χ3v) is 5.82. The first-order valence-electron chi connectivity index (χ1n) is 9.55. The standard InChI is InChI=1S/C19H22N6O3S/c1-20-19(27)14-8-10-25(22-14)13-4-2-9-24(12-13)17(26)7-6-16-21-18(23-28-16)15-5-3-11-29-15/h3,5,8,10-11,13H,2,4,6-7,9,12H2,1H3,(H,20,27). The van der Waals surface area contributed by atoms with Crippen LogP contribution < -0.4 is 5.32 Å². The zero-order chi connectivity index (χ0) is 20.2. The highest BCUT2D eigenvalue weighted by molar-refractivity contribution is 7.13. The Bertz CT molecular complexity index is 980. The van der Waals surface area contributed by atoms with E-state index in [-0.39, 0.29) is 17.9 Å². The molecule has 0 aliphatic carbocycles. The molecule has 4 heterocycles. The molecule has 9 nitrogen and oxygen atoms in total. The van der Waals surface area contributed by atoms with Crippen LogP contribution in [-0.2, 0) is 11.2 Å². The van der Waals surface area contributed by atoms with Crippen LogP contribution in [0.1, 0.15) is 41.7 Å². The number of nitrogens with one attached hydrogen (secondary N) is 1. The second-order valence-corrected chi connectivity index (χ2v) is 7.83. The van der Waals surface area contributed by atoms with E-state index < -0.39 is 0 Å². The smallest absolute Gasteiger partial charge is 0.271 e. The molecule has 4 rings (SSSR count). The highest BCUT2D eigenvalue weighted by Gasteiger charge is 2.26. The summed E-state index contributed by atoms with van der Waals surface area (Å²) in [5.41, 5.74) is 0.383. The van der Waals surface area contributed by atoms with Crippen molar-refractivity contribution in [3.05, 3.63) is 41.4 Å². The maximum Gasteiger partial charge on any atom is 0.271 e. The Balaban J connectivity index is 1.33. The molecule has 3 aromatic rings. The summed E-state index contributed by atoms with van der Waals surface area (Å²) in [4.78, 5) is 31.6. The number of nitrogens with zero attached hydrogens (tertiary/aromatic N) is 5. The third kappa shape index (κ3) is 4.37. The van der Waals surface area contributed by atoms with Gasteiger partial charge in [0.1, 0.15) is 5.69 Å². The van der Waals surface area contributed by atoms with Gasteiger partial charge in [0.05, 0.1) is 10.9 Å². The van der Waals surface area contributed by atoms with Crippen molar-refractivity contribution in [2.45, 2.75) is 31.7 Å². The molecule has 152 valence electrons.